The van der Waals surface area contributed by atoms with E-state index in [1.165, 1.54) is 6.42 Å². The lowest BCUT2D eigenvalue weighted by Gasteiger charge is -2.16. The van der Waals surface area contributed by atoms with Crippen LogP contribution in [0.2, 0.25) is 0 Å². The van der Waals surface area contributed by atoms with E-state index in [-0.39, 0.29) is 0 Å². The zero-order valence-corrected chi connectivity index (χ0v) is 9.71. The van der Waals surface area contributed by atoms with Crippen molar-refractivity contribution in [2.75, 3.05) is 39.5 Å². The summed E-state index contributed by atoms with van der Waals surface area (Å²) in [6.07, 6.45) is 3.76. The largest absolute Gasteiger partial charge is 0.377 e. The van der Waals surface area contributed by atoms with Crippen molar-refractivity contribution >= 4 is 5.96 Å². The van der Waals surface area contributed by atoms with Crippen LogP contribution < -0.4 is 10.6 Å². The van der Waals surface area contributed by atoms with Gasteiger partial charge in [0.15, 0.2) is 5.96 Å². The Hall–Kier alpha value is -0.810. The van der Waals surface area contributed by atoms with Crippen molar-refractivity contribution in [1.29, 1.82) is 0 Å². The molecule has 0 spiro atoms. The molecule has 0 bridgehead atoms. The fourth-order valence-corrected chi connectivity index (χ4v) is 1.88. The van der Waals surface area contributed by atoms with Gasteiger partial charge in [-0.1, -0.05) is 0 Å². The molecule has 1 atom stereocenters. The number of aliphatic imine (C=N–C) groups is 1. The molecule has 1 fully saturated rings. The van der Waals surface area contributed by atoms with Crippen LogP contribution in [0, 0.1) is 0 Å². The molecule has 0 aromatic heterocycles. The molecule has 2 rings (SSSR count). The van der Waals surface area contributed by atoms with Crippen LogP contribution >= 0.6 is 0 Å². The molecule has 5 heteroatoms. The van der Waals surface area contributed by atoms with Gasteiger partial charge in [0.2, 0.25) is 0 Å². The molecule has 1 unspecified atom stereocenters. The third-order valence-corrected chi connectivity index (χ3v) is 2.76. The van der Waals surface area contributed by atoms with Crippen LogP contribution in [-0.2, 0) is 9.47 Å². The summed E-state index contributed by atoms with van der Waals surface area (Å²) in [5.74, 6) is 0.909. The van der Waals surface area contributed by atoms with Gasteiger partial charge in [-0.3, -0.25) is 4.99 Å². The molecule has 0 radical (unpaired) electrons. The first-order valence-electron chi connectivity index (χ1n) is 6.17. The molecule has 16 heavy (non-hydrogen) atoms. The van der Waals surface area contributed by atoms with Gasteiger partial charge in [-0.05, 0) is 19.3 Å². The lowest BCUT2D eigenvalue weighted by Crippen LogP contribution is -2.42. The van der Waals surface area contributed by atoms with Crippen molar-refractivity contribution in [1.82, 2.24) is 10.6 Å². The highest BCUT2D eigenvalue weighted by atomic mass is 16.5. The minimum atomic E-state index is 0.324. The van der Waals surface area contributed by atoms with Crippen LogP contribution in [0.1, 0.15) is 19.3 Å². The Morgan fingerprint density at radius 3 is 3.25 bits per heavy atom. The number of nitrogens with zero attached hydrogens (tertiary/aromatic N) is 1. The standard InChI is InChI=1S/C11H21N3O2/c1-3-10(16-7-1)9-15-8-6-14-11-12-4-2-5-13-11/h10H,1-9H2,(H2,12,13,14). The SMILES string of the molecule is C1CN=C(NCCOCC2CCCO2)NC1. The Morgan fingerprint density at radius 2 is 2.50 bits per heavy atom. The first kappa shape index (κ1) is 11.7. The molecule has 92 valence electrons. The van der Waals surface area contributed by atoms with Crippen molar-refractivity contribution in [2.45, 2.75) is 25.4 Å². The molecule has 0 amide bonds. The quantitative estimate of drug-likeness (QED) is 0.655. The smallest absolute Gasteiger partial charge is 0.191 e. The maximum atomic E-state index is 5.54. The van der Waals surface area contributed by atoms with E-state index in [1.807, 2.05) is 0 Å². The van der Waals surface area contributed by atoms with E-state index in [9.17, 15) is 0 Å². The zero-order valence-electron chi connectivity index (χ0n) is 9.71. The van der Waals surface area contributed by atoms with Gasteiger partial charge in [-0.15, -0.1) is 0 Å². The van der Waals surface area contributed by atoms with Gasteiger partial charge >= 0.3 is 0 Å². The Kier molecular flexibility index (Phi) is 4.89. The summed E-state index contributed by atoms with van der Waals surface area (Å²) in [5, 5.41) is 6.43. The zero-order chi connectivity index (χ0) is 11.1. The summed E-state index contributed by atoms with van der Waals surface area (Å²) < 4.78 is 11.0. The lowest BCUT2D eigenvalue weighted by atomic mass is 10.2. The molecule has 1 saturated heterocycles. The molecule has 5 nitrogen and oxygen atoms in total. The third kappa shape index (κ3) is 3.98. The highest BCUT2D eigenvalue weighted by Crippen LogP contribution is 2.11. The summed E-state index contributed by atoms with van der Waals surface area (Å²) in [6, 6.07) is 0. The minimum Gasteiger partial charge on any atom is -0.377 e. The molecule has 2 aliphatic heterocycles. The van der Waals surface area contributed by atoms with E-state index in [0.29, 0.717) is 12.7 Å². The van der Waals surface area contributed by atoms with Crippen molar-refractivity contribution in [3.63, 3.8) is 0 Å². The summed E-state index contributed by atoms with van der Waals surface area (Å²) >= 11 is 0. The van der Waals surface area contributed by atoms with Crippen LogP contribution in [0.25, 0.3) is 0 Å². The topological polar surface area (TPSA) is 54.9 Å². The average Bonchev–Trinajstić information content (AvgIpc) is 2.83. The van der Waals surface area contributed by atoms with Crippen molar-refractivity contribution in [3.05, 3.63) is 0 Å². The summed E-state index contributed by atoms with van der Waals surface area (Å²) in [6.45, 7) is 5.07. The maximum absolute atomic E-state index is 5.54. The van der Waals surface area contributed by atoms with E-state index in [2.05, 4.69) is 15.6 Å². The predicted molar refractivity (Wildman–Crippen MR) is 62.7 cm³/mol. The first-order chi connectivity index (χ1) is 7.95. The number of ether oxygens (including phenoxy) is 2. The fourth-order valence-electron chi connectivity index (χ4n) is 1.88. The minimum absolute atomic E-state index is 0.324. The van der Waals surface area contributed by atoms with Crippen LogP contribution in [-0.4, -0.2) is 51.5 Å². The van der Waals surface area contributed by atoms with Crippen LogP contribution in [0.3, 0.4) is 0 Å². The number of rotatable bonds is 5. The highest BCUT2D eigenvalue weighted by Gasteiger charge is 2.14. The van der Waals surface area contributed by atoms with Crippen LogP contribution in [0.15, 0.2) is 4.99 Å². The van der Waals surface area contributed by atoms with E-state index < -0.39 is 0 Å². The number of nitrogens with one attached hydrogen (secondary N) is 2. The van der Waals surface area contributed by atoms with E-state index in [4.69, 9.17) is 9.47 Å². The second-order valence-electron chi connectivity index (χ2n) is 4.15. The molecular formula is C11H21N3O2. The Bertz CT molecular complexity index is 227. The van der Waals surface area contributed by atoms with Crippen molar-refractivity contribution in [2.24, 2.45) is 4.99 Å². The van der Waals surface area contributed by atoms with Gasteiger partial charge in [0.1, 0.15) is 0 Å². The van der Waals surface area contributed by atoms with Gasteiger partial charge in [0.25, 0.3) is 0 Å². The van der Waals surface area contributed by atoms with Gasteiger partial charge in [0.05, 0.1) is 19.3 Å². The average molecular weight is 227 g/mol. The number of hydrogen-bond acceptors (Lipinski definition) is 5. The fraction of sp³-hybridized carbons (Fsp3) is 0.909. The van der Waals surface area contributed by atoms with Crippen LogP contribution in [0.5, 0.6) is 0 Å². The highest BCUT2D eigenvalue weighted by molar-refractivity contribution is 5.80. The van der Waals surface area contributed by atoms with E-state index in [0.717, 1.165) is 51.6 Å². The Balaban J connectivity index is 1.46. The van der Waals surface area contributed by atoms with Gasteiger partial charge < -0.3 is 20.1 Å². The summed E-state index contributed by atoms with van der Waals surface area (Å²) in [7, 11) is 0. The molecule has 2 N–H and O–H groups in total. The monoisotopic (exact) mass is 227 g/mol. The molecule has 2 heterocycles. The third-order valence-electron chi connectivity index (χ3n) is 2.76. The molecule has 2 aliphatic rings. The molecule has 0 aromatic carbocycles. The molecular weight excluding hydrogens is 206 g/mol. The Labute approximate surface area is 96.6 Å². The maximum Gasteiger partial charge on any atom is 0.191 e. The van der Waals surface area contributed by atoms with Gasteiger partial charge in [-0.25, -0.2) is 0 Å². The second kappa shape index (κ2) is 6.70. The van der Waals surface area contributed by atoms with Crippen LogP contribution in [0.4, 0.5) is 0 Å². The normalized spacial score (nSPS) is 25.0. The van der Waals surface area contributed by atoms with Crippen molar-refractivity contribution < 1.29 is 9.47 Å². The Morgan fingerprint density at radius 1 is 1.50 bits per heavy atom. The van der Waals surface area contributed by atoms with Gasteiger partial charge in [-0.2, -0.15) is 0 Å². The summed E-state index contributed by atoms with van der Waals surface area (Å²) in [5.41, 5.74) is 0. The number of hydrogen-bond donors (Lipinski definition) is 2. The molecule has 0 aliphatic carbocycles. The first-order valence-corrected chi connectivity index (χ1v) is 6.17. The molecule has 0 aromatic rings. The second-order valence-corrected chi connectivity index (χ2v) is 4.15. The van der Waals surface area contributed by atoms with E-state index >= 15 is 0 Å². The molecule has 0 saturated carbocycles. The van der Waals surface area contributed by atoms with E-state index in [1.54, 1.807) is 0 Å². The summed E-state index contributed by atoms with van der Waals surface area (Å²) in [4.78, 5) is 4.32. The lowest BCUT2D eigenvalue weighted by molar-refractivity contribution is 0.0191. The number of guanidine groups is 1. The van der Waals surface area contributed by atoms with Crippen molar-refractivity contribution in [3.8, 4) is 0 Å². The predicted octanol–water partition coefficient (Wildman–Crippen LogP) is 0.121. The van der Waals surface area contributed by atoms with Gasteiger partial charge in [0, 0.05) is 26.2 Å².